The van der Waals surface area contributed by atoms with E-state index in [2.05, 4.69) is 0 Å². The van der Waals surface area contributed by atoms with Gasteiger partial charge in [0.15, 0.2) is 6.61 Å². The molecule has 1 amide bonds. The molecule has 6 nitrogen and oxygen atoms in total. The summed E-state index contributed by atoms with van der Waals surface area (Å²) < 4.78 is 10.6. The molecule has 2 unspecified atom stereocenters. The van der Waals surface area contributed by atoms with E-state index in [1.54, 1.807) is 36.3 Å². The molecule has 0 bridgehead atoms. The Morgan fingerprint density at radius 2 is 2.05 bits per heavy atom. The second kappa shape index (κ2) is 7.15. The van der Waals surface area contributed by atoms with E-state index in [-0.39, 0.29) is 25.0 Å². The molecule has 2 atom stereocenters. The van der Waals surface area contributed by atoms with E-state index < -0.39 is 11.9 Å². The van der Waals surface area contributed by atoms with Gasteiger partial charge in [0, 0.05) is 19.2 Å². The van der Waals surface area contributed by atoms with Gasteiger partial charge in [-0.15, -0.1) is 0 Å². The highest BCUT2D eigenvalue weighted by Gasteiger charge is 2.31. The van der Waals surface area contributed by atoms with E-state index in [4.69, 9.17) is 14.6 Å². The number of ether oxygens (including phenoxy) is 2. The number of amides is 1. The van der Waals surface area contributed by atoms with Crippen LogP contribution in [0.3, 0.4) is 0 Å². The first-order valence-electron chi connectivity index (χ1n) is 7.27. The first kappa shape index (κ1) is 16.1. The standard InChI is InChI=1S/C16H21NO5/c1-11-6-12(16(19)20)9-17(8-11)15(18)10-22-14-5-3-4-13(7-14)21-2/h3-5,7,11-12H,6,8-10H2,1-2H3,(H,19,20). The van der Waals surface area contributed by atoms with Gasteiger partial charge in [-0.05, 0) is 24.5 Å². The maximum atomic E-state index is 12.2. The normalized spacial score (nSPS) is 21.3. The maximum absolute atomic E-state index is 12.2. The molecule has 6 heteroatoms. The molecule has 120 valence electrons. The van der Waals surface area contributed by atoms with E-state index in [0.717, 1.165) is 0 Å². The van der Waals surface area contributed by atoms with Crippen molar-refractivity contribution >= 4 is 11.9 Å². The predicted octanol–water partition coefficient (Wildman–Crippen LogP) is 1.64. The number of carbonyl (C=O) groups excluding carboxylic acids is 1. The molecule has 1 aliphatic rings. The molecular formula is C16H21NO5. The van der Waals surface area contributed by atoms with Gasteiger partial charge in [0.1, 0.15) is 11.5 Å². The Bertz CT molecular complexity index is 545. The quantitative estimate of drug-likeness (QED) is 0.895. The van der Waals surface area contributed by atoms with Crippen LogP contribution in [0.2, 0.25) is 0 Å². The molecule has 1 aromatic carbocycles. The third-order valence-electron chi connectivity index (χ3n) is 3.77. The minimum absolute atomic E-state index is 0.105. The number of hydrogen-bond acceptors (Lipinski definition) is 4. The molecule has 0 aliphatic carbocycles. The van der Waals surface area contributed by atoms with Crippen molar-refractivity contribution in [2.75, 3.05) is 26.8 Å². The number of nitrogens with zero attached hydrogens (tertiary/aromatic N) is 1. The first-order chi connectivity index (χ1) is 10.5. The number of benzene rings is 1. The Hall–Kier alpha value is -2.24. The number of likely N-dealkylation sites (tertiary alicyclic amines) is 1. The summed E-state index contributed by atoms with van der Waals surface area (Å²) in [5.41, 5.74) is 0. The highest BCUT2D eigenvalue weighted by Crippen LogP contribution is 2.22. The molecule has 1 fully saturated rings. The summed E-state index contributed by atoms with van der Waals surface area (Å²) in [5.74, 6) is -0.158. The third kappa shape index (κ3) is 4.13. The molecule has 0 spiro atoms. The Balaban J connectivity index is 1.92. The van der Waals surface area contributed by atoms with E-state index in [1.165, 1.54) is 0 Å². The molecule has 0 radical (unpaired) electrons. The summed E-state index contributed by atoms with van der Waals surface area (Å²) in [4.78, 5) is 24.9. The molecule has 1 aromatic rings. The summed E-state index contributed by atoms with van der Waals surface area (Å²) in [6, 6.07) is 7.02. The van der Waals surface area contributed by atoms with Gasteiger partial charge < -0.3 is 19.5 Å². The number of rotatable bonds is 5. The van der Waals surface area contributed by atoms with E-state index >= 15 is 0 Å². The van der Waals surface area contributed by atoms with Crippen molar-refractivity contribution in [3.63, 3.8) is 0 Å². The fraction of sp³-hybridized carbons (Fsp3) is 0.500. The molecule has 1 aliphatic heterocycles. The molecule has 2 rings (SSSR count). The van der Waals surface area contributed by atoms with Crippen molar-refractivity contribution in [2.24, 2.45) is 11.8 Å². The molecule has 1 saturated heterocycles. The molecule has 22 heavy (non-hydrogen) atoms. The van der Waals surface area contributed by atoms with E-state index in [1.807, 2.05) is 6.92 Å². The monoisotopic (exact) mass is 307 g/mol. The van der Waals surface area contributed by atoms with Gasteiger partial charge in [-0.1, -0.05) is 13.0 Å². The SMILES string of the molecule is COc1cccc(OCC(=O)N2CC(C)CC(C(=O)O)C2)c1. The van der Waals surface area contributed by atoms with Crippen LogP contribution in [-0.4, -0.2) is 48.7 Å². The molecular weight excluding hydrogens is 286 g/mol. The number of hydrogen-bond donors (Lipinski definition) is 1. The third-order valence-corrected chi connectivity index (χ3v) is 3.77. The fourth-order valence-corrected chi connectivity index (χ4v) is 2.66. The van der Waals surface area contributed by atoms with Crippen LogP contribution in [-0.2, 0) is 9.59 Å². The lowest BCUT2D eigenvalue weighted by atomic mass is 9.90. The summed E-state index contributed by atoms with van der Waals surface area (Å²) in [5, 5.41) is 9.14. The number of carbonyl (C=O) groups is 2. The zero-order valence-corrected chi connectivity index (χ0v) is 12.8. The summed E-state index contributed by atoms with van der Waals surface area (Å²) in [7, 11) is 1.56. The zero-order chi connectivity index (χ0) is 16.1. The second-order valence-electron chi connectivity index (χ2n) is 5.64. The van der Waals surface area contributed by atoms with Crippen molar-refractivity contribution < 1.29 is 24.2 Å². The van der Waals surface area contributed by atoms with Gasteiger partial charge in [0.05, 0.1) is 13.0 Å². The zero-order valence-electron chi connectivity index (χ0n) is 12.8. The Kier molecular flexibility index (Phi) is 5.25. The highest BCUT2D eigenvalue weighted by atomic mass is 16.5. The minimum Gasteiger partial charge on any atom is -0.497 e. The van der Waals surface area contributed by atoms with Crippen LogP contribution in [0.5, 0.6) is 11.5 Å². The number of aliphatic carboxylic acids is 1. The molecule has 0 saturated carbocycles. The lowest BCUT2D eigenvalue weighted by Gasteiger charge is -2.34. The van der Waals surface area contributed by atoms with Gasteiger partial charge in [-0.2, -0.15) is 0 Å². The molecule has 0 aromatic heterocycles. The summed E-state index contributed by atoms with van der Waals surface area (Å²) >= 11 is 0. The Morgan fingerprint density at radius 1 is 1.32 bits per heavy atom. The van der Waals surface area contributed by atoms with E-state index in [0.29, 0.717) is 24.5 Å². The largest absolute Gasteiger partial charge is 0.497 e. The maximum Gasteiger partial charge on any atom is 0.308 e. The lowest BCUT2D eigenvalue weighted by Crippen LogP contribution is -2.47. The van der Waals surface area contributed by atoms with Crippen LogP contribution in [0.1, 0.15) is 13.3 Å². The second-order valence-corrected chi connectivity index (χ2v) is 5.64. The average Bonchev–Trinajstić information content (AvgIpc) is 2.52. The van der Waals surface area contributed by atoms with Crippen LogP contribution in [0.25, 0.3) is 0 Å². The molecule has 1 heterocycles. The Labute approximate surface area is 129 Å². The first-order valence-corrected chi connectivity index (χ1v) is 7.27. The van der Waals surface area contributed by atoms with Crippen molar-refractivity contribution in [3.05, 3.63) is 24.3 Å². The van der Waals surface area contributed by atoms with Crippen molar-refractivity contribution in [1.29, 1.82) is 0 Å². The highest BCUT2D eigenvalue weighted by molar-refractivity contribution is 5.79. The summed E-state index contributed by atoms with van der Waals surface area (Å²) in [6.45, 7) is 2.68. The van der Waals surface area contributed by atoms with Crippen molar-refractivity contribution in [3.8, 4) is 11.5 Å². The molecule has 1 N–H and O–H groups in total. The number of carboxylic acids is 1. The van der Waals surface area contributed by atoms with Gasteiger partial charge in [0.2, 0.25) is 0 Å². The predicted molar refractivity (Wildman–Crippen MR) is 80.0 cm³/mol. The average molecular weight is 307 g/mol. The van der Waals surface area contributed by atoms with Crippen LogP contribution in [0.4, 0.5) is 0 Å². The lowest BCUT2D eigenvalue weighted by molar-refractivity contribution is -0.147. The van der Waals surface area contributed by atoms with Gasteiger partial charge in [0.25, 0.3) is 5.91 Å². The summed E-state index contributed by atoms with van der Waals surface area (Å²) in [6.07, 6.45) is 0.607. The smallest absolute Gasteiger partial charge is 0.308 e. The van der Waals surface area contributed by atoms with E-state index in [9.17, 15) is 9.59 Å². The van der Waals surface area contributed by atoms with Crippen LogP contribution < -0.4 is 9.47 Å². The number of piperidine rings is 1. The van der Waals surface area contributed by atoms with Crippen LogP contribution in [0.15, 0.2) is 24.3 Å². The topological polar surface area (TPSA) is 76.1 Å². The number of methoxy groups -OCH3 is 1. The Morgan fingerprint density at radius 3 is 2.73 bits per heavy atom. The van der Waals surface area contributed by atoms with Crippen molar-refractivity contribution in [1.82, 2.24) is 4.90 Å². The fourth-order valence-electron chi connectivity index (χ4n) is 2.66. The van der Waals surface area contributed by atoms with Crippen LogP contribution in [0, 0.1) is 11.8 Å². The van der Waals surface area contributed by atoms with Gasteiger partial charge in [-0.3, -0.25) is 9.59 Å². The van der Waals surface area contributed by atoms with Crippen LogP contribution >= 0.6 is 0 Å². The minimum atomic E-state index is -0.849. The van der Waals surface area contributed by atoms with Crippen molar-refractivity contribution in [2.45, 2.75) is 13.3 Å². The van der Waals surface area contributed by atoms with Gasteiger partial charge >= 0.3 is 5.97 Å². The number of carboxylic acid groups (broad SMARTS) is 1. The van der Waals surface area contributed by atoms with Gasteiger partial charge in [-0.25, -0.2) is 0 Å².